The Kier molecular flexibility index (Phi) is 5.13. The Labute approximate surface area is 178 Å². The summed E-state index contributed by atoms with van der Waals surface area (Å²) >= 11 is 0. The number of ether oxygens (including phenoxy) is 1. The van der Waals surface area contributed by atoms with Crippen molar-refractivity contribution < 1.29 is 19.4 Å². The Morgan fingerprint density at radius 2 is 1.53 bits per heavy atom. The summed E-state index contributed by atoms with van der Waals surface area (Å²) < 4.78 is 5.18. The third-order valence-electron chi connectivity index (χ3n) is 4.51. The van der Waals surface area contributed by atoms with Crippen LogP contribution in [-0.4, -0.2) is 25.8 Å². The number of nitrogens with one attached hydrogen (secondary N) is 1. The van der Waals surface area contributed by atoms with Crippen LogP contribution in [0.1, 0.15) is 10.4 Å². The number of para-hydroxylation sites is 1. The van der Waals surface area contributed by atoms with Gasteiger partial charge in [-0.1, -0.05) is 12.1 Å². The number of benzene rings is 3. The molecule has 0 spiro atoms. The van der Waals surface area contributed by atoms with Gasteiger partial charge in [-0.25, -0.2) is 9.78 Å². The summed E-state index contributed by atoms with van der Waals surface area (Å²) in [6, 6.07) is 15.4. The lowest BCUT2D eigenvalue weighted by molar-refractivity contribution is -0.394. The van der Waals surface area contributed by atoms with Gasteiger partial charge in [-0.2, -0.15) is 0 Å². The van der Waals surface area contributed by atoms with Crippen LogP contribution < -0.4 is 10.3 Å². The van der Waals surface area contributed by atoms with Gasteiger partial charge in [0.25, 0.3) is 16.9 Å². The molecule has 0 fully saturated rings. The highest BCUT2D eigenvalue weighted by molar-refractivity contribution is 5.92. The zero-order chi connectivity index (χ0) is 22.8. The van der Waals surface area contributed by atoms with E-state index in [2.05, 4.69) is 9.97 Å². The maximum Gasteiger partial charge on any atom is 0.344 e. The predicted octanol–water partition coefficient (Wildman–Crippen LogP) is 3.63. The number of carbonyl (C=O) groups is 1. The van der Waals surface area contributed by atoms with Crippen LogP contribution in [0.15, 0.2) is 71.5 Å². The van der Waals surface area contributed by atoms with Crippen molar-refractivity contribution in [1.29, 1.82) is 0 Å². The van der Waals surface area contributed by atoms with E-state index >= 15 is 0 Å². The van der Waals surface area contributed by atoms with Crippen molar-refractivity contribution in [2.24, 2.45) is 0 Å². The largest absolute Gasteiger partial charge is 0.423 e. The molecule has 0 atom stereocenters. The normalized spacial score (nSPS) is 10.6. The number of carbonyl (C=O) groups excluding carboxylic acids is 1. The number of aromatic nitrogens is 2. The molecule has 0 saturated heterocycles. The molecule has 0 aliphatic rings. The Balaban J connectivity index is 1.59. The van der Waals surface area contributed by atoms with Crippen LogP contribution >= 0.6 is 0 Å². The standard InChI is InChI=1S/C21H12N4O7/c26-20-17-3-1-2-4-18(17)22-19(23-20)12-5-7-16(8-6-12)32-21(27)13-9-14(24(28)29)11-15(10-13)25(30)31/h1-11H,(H,22,23,26). The molecule has 0 amide bonds. The van der Waals surface area contributed by atoms with Gasteiger partial charge in [0, 0.05) is 17.7 Å². The minimum absolute atomic E-state index is 0.0936. The van der Waals surface area contributed by atoms with Crippen molar-refractivity contribution in [3.63, 3.8) is 0 Å². The smallest absolute Gasteiger partial charge is 0.344 e. The van der Waals surface area contributed by atoms with Crippen molar-refractivity contribution in [3.8, 4) is 17.1 Å². The van der Waals surface area contributed by atoms with Gasteiger partial charge < -0.3 is 9.72 Å². The van der Waals surface area contributed by atoms with Crippen LogP contribution in [0.2, 0.25) is 0 Å². The fourth-order valence-corrected chi connectivity index (χ4v) is 2.99. The Bertz CT molecular complexity index is 1410. The molecule has 0 bridgehead atoms. The van der Waals surface area contributed by atoms with Crippen molar-refractivity contribution in [1.82, 2.24) is 9.97 Å². The van der Waals surface area contributed by atoms with Gasteiger partial charge in [-0.15, -0.1) is 0 Å². The van der Waals surface area contributed by atoms with Crippen LogP contribution in [-0.2, 0) is 0 Å². The molecule has 0 unspecified atom stereocenters. The molecule has 0 radical (unpaired) electrons. The van der Waals surface area contributed by atoms with Gasteiger partial charge in [-0.3, -0.25) is 25.0 Å². The lowest BCUT2D eigenvalue weighted by Gasteiger charge is -2.07. The fraction of sp³-hybridized carbons (Fsp3) is 0. The number of nitro benzene ring substituents is 2. The van der Waals surface area contributed by atoms with E-state index in [1.54, 1.807) is 36.4 Å². The van der Waals surface area contributed by atoms with E-state index in [0.29, 0.717) is 22.3 Å². The maximum absolute atomic E-state index is 12.4. The first-order chi connectivity index (χ1) is 15.3. The van der Waals surface area contributed by atoms with E-state index < -0.39 is 27.2 Å². The highest BCUT2D eigenvalue weighted by Gasteiger charge is 2.21. The van der Waals surface area contributed by atoms with Crippen molar-refractivity contribution >= 4 is 28.2 Å². The van der Waals surface area contributed by atoms with E-state index in [4.69, 9.17) is 4.74 Å². The number of non-ortho nitro benzene ring substituents is 2. The molecule has 1 heterocycles. The minimum Gasteiger partial charge on any atom is -0.423 e. The first kappa shape index (κ1) is 20.3. The molecule has 1 aromatic heterocycles. The second-order valence-corrected chi connectivity index (χ2v) is 6.60. The van der Waals surface area contributed by atoms with Crippen molar-refractivity contribution in [2.75, 3.05) is 0 Å². The molecular formula is C21H12N4O7. The molecular weight excluding hydrogens is 420 g/mol. The van der Waals surface area contributed by atoms with Crippen LogP contribution in [0.4, 0.5) is 11.4 Å². The van der Waals surface area contributed by atoms with Gasteiger partial charge in [0.2, 0.25) is 0 Å². The monoisotopic (exact) mass is 432 g/mol. The van der Waals surface area contributed by atoms with Gasteiger partial charge >= 0.3 is 5.97 Å². The Hall–Kier alpha value is -4.93. The summed E-state index contributed by atoms with van der Waals surface area (Å²) in [5, 5.41) is 22.4. The van der Waals surface area contributed by atoms with Crippen molar-refractivity contribution in [3.05, 3.63) is 103 Å². The summed E-state index contributed by atoms with van der Waals surface area (Å²) in [4.78, 5) is 52.0. The number of hydrogen-bond acceptors (Lipinski definition) is 8. The molecule has 158 valence electrons. The second kappa shape index (κ2) is 8.07. The Morgan fingerprint density at radius 1 is 0.906 bits per heavy atom. The number of H-pyrrole nitrogens is 1. The zero-order valence-corrected chi connectivity index (χ0v) is 16.1. The number of rotatable bonds is 5. The highest BCUT2D eigenvalue weighted by atomic mass is 16.6. The van der Waals surface area contributed by atoms with E-state index in [-0.39, 0.29) is 16.9 Å². The van der Waals surface area contributed by atoms with Crippen molar-refractivity contribution in [2.45, 2.75) is 0 Å². The van der Waals surface area contributed by atoms with Crippen LogP contribution in [0.25, 0.3) is 22.3 Å². The molecule has 4 aromatic rings. The molecule has 1 N–H and O–H groups in total. The molecule has 11 heteroatoms. The topological polar surface area (TPSA) is 158 Å². The van der Waals surface area contributed by atoms with Crippen LogP contribution in [0.5, 0.6) is 5.75 Å². The van der Waals surface area contributed by atoms with E-state index in [1.165, 1.54) is 12.1 Å². The second-order valence-electron chi connectivity index (χ2n) is 6.60. The minimum atomic E-state index is -0.998. The lowest BCUT2D eigenvalue weighted by Crippen LogP contribution is -2.10. The van der Waals surface area contributed by atoms with E-state index in [0.717, 1.165) is 18.2 Å². The quantitative estimate of drug-likeness (QED) is 0.217. The average Bonchev–Trinajstić information content (AvgIpc) is 2.79. The molecule has 0 aliphatic heterocycles. The molecule has 0 saturated carbocycles. The number of esters is 1. The predicted molar refractivity (Wildman–Crippen MR) is 113 cm³/mol. The molecule has 4 rings (SSSR count). The number of nitrogens with zero attached hydrogens (tertiary/aromatic N) is 3. The van der Waals surface area contributed by atoms with E-state index in [9.17, 15) is 29.8 Å². The Morgan fingerprint density at radius 3 is 2.16 bits per heavy atom. The average molecular weight is 432 g/mol. The molecule has 11 nitrogen and oxygen atoms in total. The van der Waals surface area contributed by atoms with Crippen LogP contribution in [0.3, 0.4) is 0 Å². The number of hydrogen-bond donors (Lipinski definition) is 1. The number of aromatic amines is 1. The van der Waals surface area contributed by atoms with Gasteiger partial charge in [0.15, 0.2) is 0 Å². The lowest BCUT2D eigenvalue weighted by atomic mass is 10.1. The summed E-state index contributed by atoms with van der Waals surface area (Å²) in [5.41, 5.74) is -0.766. The third-order valence-corrected chi connectivity index (χ3v) is 4.51. The van der Waals surface area contributed by atoms with Gasteiger partial charge in [-0.05, 0) is 36.4 Å². The maximum atomic E-state index is 12.4. The molecule has 0 aliphatic carbocycles. The highest BCUT2D eigenvalue weighted by Crippen LogP contribution is 2.25. The summed E-state index contributed by atoms with van der Waals surface area (Å²) in [6.45, 7) is 0. The van der Waals surface area contributed by atoms with E-state index in [1.807, 2.05) is 0 Å². The zero-order valence-electron chi connectivity index (χ0n) is 16.1. The van der Waals surface area contributed by atoms with Gasteiger partial charge in [0.1, 0.15) is 11.6 Å². The first-order valence-corrected chi connectivity index (χ1v) is 9.07. The van der Waals surface area contributed by atoms with Gasteiger partial charge in [0.05, 0.1) is 32.4 Å². The summed E-state index contributed by atoms with van der Waals surface area (Å²) in [5.74, 6) is -0.585. The summed E-state index contributed by atoms with van der Waals surface area (Å²) in [7, 11) is 0. The first-order valence-electron chi connectivity index (χ1n) is 9.07. The van der Waals surface area contributed by atoms with Crippen LogP contribution in [0, 0.1) is 20.2 Å². The molecule has 3 aromatic carbocycles. The number of nitro groups is 2. The third kappa shape index (κ3) is 4.03. The SMILES string of the molecule is O=C(Oc1ccc(-c2nc3ccccc3c(=O)[nH]2)cc1)c1cc([N+](=O)[O-])cc([N+](=O)[O-])c1. The molecule has 32 heavy (non-hydrogen) atoms. The number of fused-ring (bicyclic) bond motifs is 1. The fourth-order valence-electron chi connectivity index (χ4n) is 2.99. The summed E-state index contributed by atoms with van der Waals surface area (Å²) in [6.07, 6.45) is 0.